The minimum Gasteiger partial charge on any atom is -0.545 e. The molecule has 0 bridgehead atoms. The zero-order chi connectivity index (χ0) is 19.4. The van der Waals surface area contributed by atoms with Crippen molar-refractivity contribution < 1.29 is 27.8 Å². The molecule has 3 nitrogen and oxygen atoms in total. The molecule has 27 heavy (non-hydrogen) atoms. The number of hydrogen-bond acceptors (Lipinski definition) is 3. The molecule has 0 amide bonds. The number of carbonyl (C=O) groups is 1. The first-order chi connectivity index (χ1) is 12.8. The molecule has 0 aliphatic heterocycles. The zero-order valence-corrected chi connectivity index (χ0v) is 14.6. The second kappa shape index (κ2) is 7.75. The molecular formula is C20H13F3O3S. The van der Waals surface area contributed by atoms with Gasteiger partial charge in [0.2, 0.25) is 0 Å². The lowest BCUT2D eigenvalue weighted by molar-refractivity contribution is -0.274. The van der Waals surface area contributed by atoms with Gasteiger partial charge in [-0.3, -0.25) is 0 Å². The van der Waals surface area contributed by atoms with Crippen LogP contribution in [0.25, 0.3) is 0 Å². The molecule has 0 saturated heterocycles. The van der Waals surface area contributed by atoms with E-state index in [0.29, 0.717) is 0 Å². The number of ether oxygens (including phenoxy) is 1. The van der Waals surface area contributed by atoms with E-state index in [0.717, 1.165) is 14.7 Å². The van der Waals surface area contributed by atoms with Crippen LogP contribution in [0.15, 0.2) is 93.5 Å². The lowest BCUT2D eigenvalue weighted by Crippen LogP contribution is -2.22. The molecule has 0 heterocycles. The number of alkyl halides is 3. The van der Waals surface area contributed by atoms with Gasteiger partial charge in [-0.15, -0.1) is 13.2 Å². The van der Waals surface area contributed by atoms with E-state index in [1.807, 2.05) is 30.3 Å². The third-order valence-electron chi connectivity index (χ3n) is 3.60. The molecule has 1 unspecified atom stereocenters. The van der Waals surface area contributed by atoms with Crippen molar-refractivity contribution in [2.75, 3.05) is 0 Å². The van der Waals surface area contributed by atoms with E-state index >= 15 is 0 Å². The molecule has 0 aliphatic carbocycles. The third-order valence-corrected chi connectivity index (χ3v) is 5.83. The van der Waals surface area contributed by atoms with Gasteiger partial charge in [0.1, 0.15) is 5.75 Å². The lowest BCUT2D eigenvalue weighted by Gasteiger charge is -2.11. The summed E-state index contributed by atoms with van der Waals surface area (Å²) in [5.74, 6) is -1.56. The number of carbonyl (C=O) groups excluding carboxylic acids is 1. The van der Waals surface area contributed by atoms with Crippen molar-refractivity contribution in [1.82, 2.24) is 0 Å². The Morgan fingerprint density at radius 1 is 0.778 bits per heavy atom. The summed E-state index contributed by atoms with van der Waals surface area (Å²) in [6.45, 7) is 0. The monoisotopic (exact) mass is 390 g/mol. The highest BCUT2D eigenvalue weighted by atomic mass is 32.2. The van der Waals surface area contributed by atoms with Gasteiger partial charge in [0.25, 0.3) is 0 Å². The van der Waals surface area contributed by atoms with Crippen molar-refractivity contribution >= 4 is 16.9 Å². The number of rotatable bonds is 5. The van der Waals surface area contributed by atoms with Crippen LogP contribution in [0.1, 0.15) is 10.4 Å². The SMILES string of the molecule is O=C([O-])c1ccc([S+](c2ccccc2)c2ccc(OC(F)(F)F)cc2)cc1. The van der Waals surface area contributed by atoms with Crippen LogP contribution >= 0.6 is 0 Å². The van der Waals surface area contributed by atoms with Gasteiger partial charge in [0.05, 0.1) is 16.9 Å². The van der Waals surface area contributed by atoms with Gasteiger partial charge in [0.15, 0.2) is 14.7 Å². The number of hydrogen-bond donors (Lipinski definition) is 0. The van der Waals surface area contributed by atoms with Crippen LogP contribution in [0.3, 0.4) is 0 Å². The normalized spacial score (nSPS) is 12.4. The Labute approximate surface area is 156 Å². The third kappa shape index (κ3) is 4.83. The molecule has 7 heteroatoms. The lowest BCUT2D eigenvalue weighted by atomic mass is 10.2. The highest BCUT2D eigenvalue weighted by Gasteiger charge is 2.32. The largest absolute Gasteiger partial charge is 0.573 e. The van der Waals surface area contributed by atoms with E-state index in [1.165, 1.54) is 24.3 Å². The van der Waals surface area contributed by atoms with Crippen LogP contribution in [0, 0.1) is 0 Å². The summed E-state index contributed by atoms with van der Waals surface area (Å²) in [7, 11) is -0.618. The van der Waals surface area contributed by atoms with Gasteiger partial charge in [-0.1, -0.05) is 18.2 Å². The Bertz CT molecular complexity index is 908. The smallest absolute Gasteiger partial charge is 0.545 e. The van der Waals surface area contributed by atoms with Crippen LogP contribution in [-0.4, -0.2) is 12.3 Å². The Balaban J connectivity index is 1.99. The molecule has 1 atom stereocenters. The van der Waals surface area contributed by atoms with Crippen LogP contribution in [0.5, 0.6) is 5.75 Å². The van der Waals surface area contributed by atoms with E-state index in [-0.39, 0.29) is 11.3 Å². The van der Waals surface area contributed by atoms with Gasteiger partial charge < -0.3 is 14.6 Å². The summed E-state index contributed by atoms with van der Waals surface area (Å²) >= 11 is 0. The van der Waals surface area contributed by atoms with Crippen molar-refractivity contribution in [1.29, 1.82) is 0 Å². The fourth-order valence-corrected chi connectivity index (χ4v) is 4.53. The highest BCUT2D eigenvalue weighted by Crippen LogP contribution is 2.33. The van der Waals surface area contributed by atoms with Crippen LogP contribution < -0.4 is 9.84 Å². The number of halogens is 3. The number of aromatic carboxylic acids is 1. The van der Waals surface area contributed by atoms with E-state index in [1.54, 1.807) is 24.3 Å². The van der Waals surface area contributed by atoms with Crippen LogP contribution in [0.2, 0.25) is 0 Å². The molecule has 3 aromatic carbocycles. The molecule has 0 aliphatic rings. The number of carboxylic acid groups (broad SMARTS) is 1. The maximum atomic E-state index is 12.4. The summed E-state index contributed by atoms with van der Waals surface area (Å²) in [6.07, 6.45) is -4.75. The summed E-state index contributed by atoms with van der Waals surface area (Å²) in [4.78, 5) is 13.5. The summed E-state index contributed by atoms with van der Waals surface area (Å²) in [6, 6.07) is 21.4. The minimum absolute atomic E-state index is 0.0595. The summed E-state index contributed by atoms with van der Waals surface area (Å²) < 4.78 is 41.0. The van der Waals surface area contributed by atoms with Gasteiger partial charge in [0, 0.05) is 0 Å². The number of carboxylic acids is 1. The first-order valence-corrected chi connectivity index (χ1v) is 9.02. The summed E-state index contributed by atoms with van der Waals surface area (Å²) in [5, 5.41) is 11.0. The average Bonchev–Trinajstić information content (AvgIpc) is 2.63. The molecule has 138 valence electrons. The molecule has 3 rings (SSSR count). The zero-order valence-electron chi connectivity index (χ0n) is 13.8. The van der Waals surface area contributed by atoms with Crippen molar-refractivity contribution in [3.8, 4) is 5.75 Å². The van der Waals surface area contributed by atoms with Crippen molar-refractivity contribution in [3.05, 3.63) is 84.4 Å². The molecule has 0 N–H and O–H groups in total. The van der Waals surface area contributed by atoms with Crippen LogP contribution in [-0.2, 0) is 10.9 Å². The van der Waals surface area contributed by atoms with E-state index in [4.69, 9.17) is 0 Å². The Kier molecular flexibility index (Phi) is 5.41. The first-order valence-electron chi connectivity index (χ1n) is 7.80. The van der Waals surface area contributed by atoms with E-state index in [2.05, 4.69) is 4.74 Å². The van der Waals surface area contributed by atoms with Crippen LogP contribution in [0.4, 0.5) is 13.2 Å². The van der Waals surface area contributed by atoms with Crippen molar-refractivity contribution in [3.63, 3.8) is 0 Å². The van der Waals surface area contributed by atoms with Crippen molar-refractivity contribution in [2.24, 2.45) is 0 Å². The Hall–Kier alpha value is -2.93. The standard InChI is InChI=1S/C20H13F3O3S/c21-20(22,23)26-15-8-12-18(13-9-15)27(16-4-2-1-3-5-16)17-10-6-14(7-11-17)19(24)25/h1-13H. The second-order valence-electron chi connectivity index (χ2n) is 5.45. The average molecular weight is 390 g/mol. The Morgan fingerprint density at radius 3 is 1.74 bits per heavy atom. The van der Waals surface area contributed by atoms with Gasteiger partial charge in [-0.25, -0.2) is 0 Å². The fraction of sp³-hybridized carbons (Fsp3) is 0.0500. The molecular weight excluding hydrogens is 377 g/mol. The van der Waals surface area contributed by atoms with Gasteiger partial charge in [-0.2, -0.15) is 0 Å². The molecule has 0 fully saturated rings. The van der Waals surface area contributed by atoms with E-state index < -0.39 is 23.2 Å². The maximum Gasteiger partial charge on any atom is 0.573 e. The molecule has 0 radical (unpaired) electrons. The van der Waals surface area contributed by atoms with E-state index in [9.17, 15) is 23.1 Å². The Morgan fingerprint density at radius 2 is 1.26 bits per heavy atom. The van der Waals surface area contributed by atoms with Gasteiger partial charge in [-0.05, 0) is 66.2 Å². The topological polar surface area (TPSA) is 49.4 Å². The quantitative estimate of drug-likeness (QED) is 0.618. The predicted molar refractivity (Wildman–Crippen MR) is 92.5 cm³/mol. The van der Waals surface area contributed by atoms with Crippen molar-refractivity contribution in [2.45, 2.75) is 21.0 Å². The molecule has 0 aromatic heterocycles. The summed E-state index contributed by atoms with van der Waals surface area (Å²) in [5.41, 5.74) is 0.0595. The minimum atomic E-state index is -4.75. The highest BCUT2D eigenvalue weighted by molar-refractivity contribution is 7.97. The maximum absolute atomic E-state index is 12.4. The predicted octanol–water partition coefficient (Wildman–Crippen LogP) is 4.04. The fourth-order valence-electron chi connectivity index (χ4n) is 2.47. The molecule has 3 aromatic rings. The molecule has 0 saturated carbocycles. The second-order valence-corrected chi connectivity index (χ2v) is 7.48. The first kappa shape index (κ1) is 18.8. The number of benzene rings is 3. The molecule has 0 spiro atoms. The van der Waals surface area contributed by atoms with Gasteiger partial charge >= 0.3 is 6.36 Å².